The number of carbonyl (C=O) groups excluding carboxylic acids is 3. The van der Waals surface area contributed by atoms with E-state index in [0.29, 0.717) is 34.7 Å². The van der Waals surface area contributed by atoms with Crippen molar-refractivity contribution in [3.8, 4) is 11.5 Å². The molecule has 2 aromatic carbocycles. The summed E-state index contributed by atoms with van der Waals surface area (Å²) in [5.41, 5.74) is 2.43. The summed E-state index contributed by atoms with van der Waals surface area (Å²) < 4.78 is 17.2. The fraction of sp³-hybridized carbons (Fsp3) is 0.321. The van der Waals surface area contributed by atoms with Crippen LogP contribution >= 0.6 is 0 Å². The molecule has 7 nitrogen and oxygen atoms in total. The number of rotatable bonds is 12. The summed E-state index contributed by atoms with van der Waals surface area (Å²) >= 11 is 0. The third kappa shape index (κ3) is 6.18. The zero-order chi connectivity index (χ0) is 25.4. The lowest BCUT2D eigenvalue weighted by molar-refractivity contribution is -0.143. The zero-order valence-corrected chi connectivity index (χ0v) is 20.6. The van der Waals surface area contributed by atoms with Crippen molar-refractivity contribution in [2.45, 2.75) is 39.2 Å². The Balaban J connectivity index is 1.95. The molecule has 0 radical (unpaired) electrons. The van der Waals surface area contributed by atoms with Crippen molar-refractivity contribution in [3.63, 3.8) is 0 Å². The second kappa shape index (κ2) is 12.0. The average Bonchev–Trinajstić information content (AvgIpc) is 3.29. The van der Waals surface area contributed by atoms with Crippen LogP contribution in [0.3, 0.4) is 0 Å². The molecule has 0 aliphatic rings. The molecule has 1 unspecified atom stereocenters. The van der Waals surface area contributed by atoms with Gasteiger partial charge >= 0.3 is 5.97 Å². The van der Waals surface area contributed by atoms with E-state index in [0.717, 1.165) is 5.69 Å². The highest BCUT2D eigenvalue weighted by molar-refractivity contribution is 6.06. The van der Waals surface area contributed by atoms with E-state index in [9.17, 15) is 14.4 Å². The van der Waals surface area contributed by atoms with Gasteiger partial charge in [-0.15, -0.1) is 0 Å². The maximum atomic E-state index is 13.6. The van der Waals surface area contributed by atoms with Crippen molar-refractivity contribution in [1.29, 1.82) is 0 Å². The topological polar surface area (TPSA) is 83.8 Å². The monoisotopic (exact) mass is 477 g/mol. The molecule has 0 spiro atoms. The minimum absolute atomic E-state index is 0.0484. The van der Waals surface area contributed by atoms with E-state index >= 15 is 0 Å². The van der Waals surface area contributed by atoms with Crippen LogP contribution in [-0.4, -0.2) is 42.9 Å². The molecule has 0 saturated heterocycles. The van der Waals surface area contributed by atoms with Gasteiger partial charge in [0.1, 0.15) is 18.0 Å². The van der Waals surface area contributed by atoms with Crippen LogP contribution < -0.4 is 9.47 Å². The van der Waals surface area contributed by atoms with E-state index < -0.39 is 11.9 Å². The highest BCUT2D eigenvalue weighted by atomic mass is 16.5. The van der Waals surface area contributed by atoms with Gasteiger partial charge in [0.05, 0.1) is 32.4 Å². The Morgan fingerprint density at radius 1 is 0.829 bits per heavy atom. The van der Waals surface area contributed by atoms with Gasteiger partial charge in [0.25, 0.3) is 0 Å². The molecule has 1 atom stereocenters. The van der Waals surface area contributed by atoms with E-state index in [1.54, 1.807) is 80.3 Å². The van der Waals surface area contributed by atoms with Crippen LogP contribution in [0.1, 0.15) is 58.3 Å². The second-order valence-corrected chi connectivity index (χ2v) is 8.00. The summed E-state index contributed by atoms with van der Waals surface area (Å²) in [6, 6.07) is 17.5. The number of methoxy groups -OCH3 is 2. The van der Waals surface area contributed by atoms with Crippen molar-refractivity contribution < 1.29 is 28.6 Å². The van der Waals surface area contributed by atoms with Crippen LogP contribution in [0.25, 0.3) is 0 Å². The van der Waals surface area contributed by atoms with Crippen molar-refractivity contribution in [2.24, 2.45) is 0 Å². The minimum Gasteiger partial charge on any atom is -0.497 e. The summed E-state index contributed by atoms with van der Waals surface area (Å²) in [7, 11) is 3.13. The molecule has 0 bridgehead atoms. The molecular weight excluding hydrogens is 446 g/mol. The predicted octanol–water partition coefficient (Wildman–Crippen LogP) is 4.87. The van der Waals surface area contributed by atoms with Gasteiger partial charge < -0.3 is 18.8 Å². The fourth-order valence-corrected chi connectivity index (χ4v) is 4.03. The maximum absolute atomic E-state index is 13.6. The Morgan fingerprint density at radius 3 is 1.97 bits per heavy atom. The van der Waals surface area contributed by atoms with Crippen LogP contribution in [0.15, 0.2) is 60.7 Å². The van der Waals surface area contributed by atoms with Gasteiger partial charge in [-0.25, -0.2) is 0 Å². The Bertz CT molecular complexity index is 1160. The number of hydrogen-bond donors (Lipinski definition) is 0. The second-order valence-electron chi connectivity index (χ2n) is 8.00. The summed E-state index contributed by atoms with van der Waals surface area (Å²) in [4.78, 5) is 39.3. The van der Waals surface area contributed by atoms with Gasteiger partial charge in [0, 0.05) is 17.7 Å². The minimum atomic E-state index is -0.710. The number of Topliss-reactive ketones (excluding diaryl/α,β-unsaturated/α-hetero) is 2. The van der Waals surface area contributed by atoms with Crippen LogP contribution in [-0.2, 0) is 22.5 Å². The number of benzene rings is 2. The van der Waals surface area contributed by atoms with E-state index in [4.69, 9.17) is 14.2 Å². The first-order valence-electron chi connectivity index (χ1n) is 11.6. The van der Waals surface area contributed by atoms with Gasteiger partial charge in [0.15, 0.2) is 11.6 Å². The molecule has 1 aromatic heterocycles. The number of hydrogen-bond acceptors (Lipinski definition) is 6. The normalized spacial score (nSPS) is 11.5. The summed E-state index contributed by atoms with van der Waals surface area (Å²) in [6.45, 7) is 3.91. The third-order valence-electron chi connectivity index (χ3n) is 5.91. The van der Waals surface area contributed by atoms with Crippen LogP contribution in [0.4, 0.5) is 0 Å². The van der Waals surface area contributed by atoms with Gasteiger partial charge in [-0.1, -0.05) is 19.1 Å². The van der Waals surface area contributed by atoms with E-state index in [1.165, 1.54) is 0 Å². The number of ether oxygens (including phenoxy) is 3. The van der Waals surface area contributed by atoms with Crippen molar-refractivity contribution in [1.82, 2.24) is 4.57 Å². The summed E-state index contributed by atoms with van der Waals surface area (Å²) in [5.74, 6) is -0.220. The van der Waals surface area contributed by atoms with Crippen LogP contribution in [0.5, 0.6) is 11.5 Å². The molecule has 3 aromatic rings. The average molecular weight is 478 g/mol. The van der Waals surface area contributed by atoms with Gasteiger partial charge in [0.2, 0.25) is 0 Å². The molecular formula is C28H31NO6. The lowest BCUT2D eigenvalue weighted by atomic mass is 9.86. The molecule has 7 heteroatoms. The first-order valence-corrected chi connectivity index (χ1v) is 11.6. The van der Waals surface area contributed by atoms with Crippen LogP contribution in [0.2, 0.25) is 0 Å². The third-order valence-corrected chi connectivity index (χ3v) is 5.91. The fourth-order valence-electron chi connectivity index (χ4n) is 4.03. The zero-order valence-electron chi connectivity index (χ0n) is 20.6. The van der Waals surface area contributed by atoms with E-state index in [1.807, 2.05) is 13.0 Å². The molecule has 35 heavy (non-hydrogen) atoms. The number of ketones is 2. The lowest BCUT2D eigenvalue weighted by Crippen LogP contribution is -2.22. The summed E-state index contributed by atoms with van der Waals surface area (Å²) in [6.07, 6.45) is 0.604. The van der Waals surface area contributed by atoms with E-state index in [2.05, 4.69) is 0 Å². The Kier molecular flexibility index (Phi) is 8.84. The highest BCUT2D eigenvalue weighted by Gasteiger charge is 2.28. The summed E-state index contributed by atoms with van der Waals surface area (Å²) in [5, 5.41) is 0. The number of nitrogens with zero attached hydrogens (tertiary/aromatic N) is 1. The largest absolute Gasteiger partial charge is 0.497 e. The SMILES string of the molecule is CCOC(=O)Cn1c(CC)ccc1C(=O)CC(C(=O)c1ccc(OC)cc1)c1ccc(OC)cc1. The molecule has 0 fully saturated rings. The Morgan fingerprint density at radius 2 is 1.43 bits per heavy atom. The van der Waals surface area contributed by atoms with Crippen molar-refractivity contribution in [3.05, 3.63) is 83.2 Å². The molecule has 3 rings (SSSR count). The van der Waals surface area contributed by atoms with Crippen molar-refractivity contribution >= 4 is 17.5 Å². The Labute approximate surface area is 205 Å². The molecule has 0 saturated carbocycles. The standard InChI is InChI=1S/C28H31NO6/c1-5-21-11-16-25(29(21)18-27(31)35-6-2)26(30)17-24(19-7-12-22(33-3)13-8-19)28(32)20-9-14-23(34-4)15-10-20/h7-16,24H,5-6,17-18H2,1-4H3. The molecule has 1 heterocycles. The maximum Gasteiger partial charge on any atom is 0.325 e. The van der Waals surface area contributed by atoms with Crippen molar-refractivity contribution in [2.75, 3.05) is 20.8 Å². The molecule has 0 amide bonds. The molecule has 0 N–H and O–H groups in total. The lowest BCUT2D eigenvalue weighted by Gasteiger charge is -2.18. The molecule has 0 aliphatic carbocycles. The smallest absolute Gasteiger partial charge is 0.325 e. The van der Waals surface area contributed by atoms with E-state index in [-0.39, 0.29) is 31.1 Å². The van der Waals surface area contributed by atoms with Crippen LogP contribution in [0, 0.1) is 0 Å². The number of aryl methyl sites for hydroxylation is 1. The number of aromatic nitrogens is 1. The molecule has 0 aliphatic heterocycles. The first kappa shape index (κ1) is 25.7. The van der Waals surface area contributed by atoms with Gasteiger partial charge in [-0.05, 0) is 67.4 Å². The number of carbonyl (C=O) groups is 3. The van der Waals surface area contributed by atoms with Gasteiger partial charge in [-0.3, -0.25) is 14.4 Å². The first-order chi connectivity index (χ1) is 16.9. The molecule has 184 valence electrons. The number of esters is 1. The highest BCUT2D eigenvalue weighted by Crippen LogP contribution is 2.29. The van der Waals surface area contributed by atoms with Gasteiger partial charge in [-0.2, -0.15) is 0 Å². The Hall–Kier alpha value is -3.87. The quantitative estimate of drug-likeness (QED) is 0.273. The predicted molar refractivity (Wildman–Crippen MR) is 132 cm³/mol.